The quantitative estimate of drug-likeness (QED) is 0.923. The van der Waals surface area contributed by atoms with Crippen molar-refractivity contribution in [1.29, 1.82) is 0 Å². The Bertz CT molecular complexity index is 608. The molecule has 0 spiro atoms. The minimum atomic E-state index is -0.478. The molecular weight excluding hydrogens is 308 g/mol. The Morgan fingerprint density at radius 2 is 2.00 bits per heavy atom. The molecule has 0 fully saturated rings. The van der Waals surface area contributed by atoms with Crippen LogP contribution in [0.15, 0.2) is 18.2 Å². The lowest BCUT2D eigenvalue weighted by molar-refractivity contribution is 0.0224. The first-order valence-corrected chi connectivity index (χ1v) is 8.19. The summed E-state index contributed by atoms with van der Waals surface area (Å²) < 4.78 is 9.99. The van der Waals surface area contributed by atoms with Gasteiger partial charge in [0.05, 0.1) is 7.11 Å². The molecule has 1 N–H and O–H groups in total. The molecule has 1 aromatic carbocycles. The van der Waals surface area contributed by atoms with Gasteiger partial charge in [0.25, 0.3) is 0 Å². The van der Waals surface area contributed by atoms with Crippen LogP contribution in [0.2, 0.25) is 0 Å². The summed E-state index contributed by atoms with van der Waals surface area (Å²) in [7, 11) is 1.35. The fraction of sp³-hybridized carbons (Fsp3) is 0.556. The minimum absolute atomic E-state index is 0.264. The van der Waals surface area contributed by atoms with Crippen LogP contribution in [0.25, 0.3) is 0 Å². The molecule has 0 atom stereocenters. The third-order valence-corrected chi connectivity index (χ3v) is 3.80. The highest BCUT2D eigenvalue weighted by molar-refractivity contribution is 5.68. The van der Waals surface area contributed by atoms with Crippen molar-refractivity contribution in [2.75, 3.05) is 20.2 Å². The summed E-state index contributed by atoms with van der Waals surface area (Å²) in [4.78, 5) is 25.0. The molecule has 6 nitrogen and oxygen atoms in total. The van der Waals surface area contributed by atoms with Crippen LogP contribution >= 0.6 is 0 Å². The second-order valence-corrected chi connectivity index (χ2v) is 6.92. The van der Waals surface area contributed by atoms with Crippen molar-refractivity contribution in [3.63, 3.8) is 0 Å². The van der Waals surface area contributed by atoms with E-state index in [-0.39, 0.29) is 6.09 Å². The fourth-order valence-corrected chi connectivity index (χ4v) is 2.63. The highest BCUT2D eigenvalue weighted by atomic mass is 16.6. The molecule has 1 heterocycles. The van der Waals surface area contributed by atoms with Crippen LogP contribution in [0.1, 0.15) is 37.5 Å². The molecule has 0 radical (unpaired) electrons. The van der Waals surface area contributed by atoms with Gasteiger partial charge in [-0.25, -0.2) is 9.59 Å². The maximum absolute atomic E-state index is 12.2. The molecule has 132 valence electrons. The van der Waals surface area contributed by atoms with Gasteiger partial charge in [-0.2, -0.15) is 0 Å². The van der Waals surface area contributed by atoms with E-state index in [4.69, 9.17) is 4.74 Å². The zero-order valence-electron chi connectivity index (χ0n) is 14.8. The van der Waals surface area contributed by atoms with Crippen LogP contribution in [0, 0.1) is 0 Å². The largest absolute Gasteiger partial charge is 0.453 e. The van der Waals surface area contributed by atoms with Crippen LogP contribution in [0.3, 0.4) is 0 Å². The Kier molecular flexibility index (Phi) is 5.70. The number of carbonyl (C=O) groups excluding carboxylic acids is 2. The molecule has 1 aromatic rings. The van der Waals surface area contributed by atoms with Gasteiger partial charge in [0.1, 0.15) is 5.60 Å². The van der Waals surface area contributed by atoms with Gasteiger partial charge in [0, 0.05) is 19.6 Å². The van der Waals surface area contributed by atoms with E-state index in [1.54, 1.807) is 4.90 Å². The molecule has 6 heteroatoms. The van der Waals surface area contributed by atoms with Crippen molar-refractivity contribution in [2.45, 2.75) is 45.8 Å². The molecule has 0 aliphatic carbocycles. The number of nitrogens with zero attached hydrogens (tertiary/aromatic N) is 1. The molecule has 0 bridgehead atoms. The highest BCUT2D eigenvalue weighted by Crippen LogP contribution is 2.22. The van der Waals surface area contributed by atoms with Gasteiger partial charge in [-0.15, -0.1) is 0 Å². The molecule has 2 rings (SSSR count). The van der Waals surface area contributed by atoms with E-state index >= 15 is 0 Å². The zero-order valence-corrected chi connectivity index (χ0v) is 14.8. The average Bonchev–Trinajstić information content (AvgIpc) is 2.52. The van der Waals surface area contributed by atoms with Gasteiger partial charge in [0.2, 0.25) is 0 Å². The van der Waals surface area contributed by atoms with Crippen LogP contribution in [0.5, 0.6) is 0 Å². The maximum Gasteiger partial charge on any atom is 0.410 e. The number of hydrogen-bond acceptors (Lipinski definition) is 4. The smallest absolute Gasteiger partial charge is 0.410 e. The van der Waals surface area contributed by atoms with Crippen molar-refractivity contribution in [3.8, 4) is 0 Å². The number of benzene rings is 1. The number of methoxy groups -OCH3 is 1. The van der Waals surface area contributed by atoms with E-state index in [2.05, 4.69) is 22.2 Å². The van der Waals surface area contributed by atoms with Crippen LogP contribution in [-0.4, -0.2) is 42.9 Å². The SMILES string of the molecule is COC(=O)NCCc1ccc2c(c1)CCN(C(=O)OC(C)(C)C)C2. The molecule has 0 unspecified atom stereocenters. The number of rotatable bonds is 3. The van der Waals surface area contributed by atoms with Crippen molar-refractivity contribution >= 4 is 12.2 Å². The van der Waals surface area contributed by atoms with E-state index in [1.165, 1.54) is 12.7 Å². The Morgan fingerprint density at radius 1 is 1.25 bits per heavy atom. The topological polar surface area (TPSA) is 67.9 Å². The Balaban J connectivity index is 1.94. The lowest BCUT2D eigenvalue weighted by Gasteiger charge is -2.31. The molecule has 1 aliphatic heterocycles. The lowest BCUT2D eigenvalue weighted by atomic mass is 9.96. The van der Waals surface area contributed by atoms with Crippen molar-refractivity contribution in [3.05, 3.63) is 34.9 Å². The summed E-state index contributed by atoms with van der Waals surface area (Å²) in [5, 5.41) is 2.67. The summed E-state index contributed by atoms with van der Waals surface area (Å²) in [5.74, 6) is 0. The average molecular weight is 334 g/mol. The van der Waals surface area contributed by atoms with Gasteiger partial charge in [0.15, 0.2) is 0 Å². The number of fused-ring (bicyclic) bond motifs is 1. The minimum Gasteiger partial charge on any atom is -0.453 e. The first kappa shape index (κ1) is 18.1. The van der Waals surface area contributed by atoms with E-state index in [1.807, 2.05) is 26.8 Å². The standard InChI is InChI=1S/C18H26N2O4/c1-18(2,3)24-17(22)20-10-8-14-11-13(5-6-15(14)12-20)7-9-19-16(21)23-4/h5-6,11H,7-10,12H2,1-4H3,(H,19,21). The third kappa shape index (κ3) is 5.15. The summed E-state index contributed by atoms with van der Waals surface area (Å²) >= 11 is 0. The number of ether oxygens (including phenoxy) is 2. The number of nitrogens with one attached hydrogen (secondary N) is 1. The summed E-state index contributed by atoms with van der Waals surface area (Å²) in [6.07, 6.45) is 0.880. The fourth-order valence-electron chi connectivity index (χ4n) is 2.63. The van der Waals surface area contributed by atoms with Gasteiger partial charge in [-0.1, -0.05) is 18.2 Å². The molecule has 0 saturated carbocycles. The molecule has 1 aliphatic rings. The molecule has 0 aromatic heterocycles. The Labute approximate surface area is 143 Å². The van der Waals surface area contributed by atoms with E-state index in [0.717, 1.165) is 24.0 Å². The first-order chi connectivity index (χ1) is 11.3. The lowest BCUT2D eigenvalue weighted by Crippen LogP contribution is -2.39. The summed E-state index contributed by atoms with van der Waals surface area (Å²) in [5.41, 5.74) is 3.09. The predicted molar refractivity (Wildman–Crippen MR) is 90.9 cm³/mol. The first-order valence-electron chi connectivity index (χ1n) is 8.19. The van der Waals surface area contributed by atoms with Gasteiger partial charge >= 0.3 is 12.2 Å². The van der Waals surface area contributed by atoms with Gasteiger partial charge in [-0.05, 0) is 50.3 Å². The van der Waals surface area contributed by atoms with Crippen molar-refractivity contribution < 1.29 is 19.1 Å². The Hall–Kier alpha value is -2.24. The monoisotopic (exact) mass is 334 g/mol. The van der Waals surface area contributed by atoms with E-state index in [0.29, 0.717) is 19.6 Å². The maximum atomic E-state index is 12.2. The van der Waals surface area contributed by atoms with Gasteiger partial charge < -0.3 is 19.7 Å². The van der Waals surface area contributed by atoms with Crippen molar-refractivity contribution in [2.24, 2.45) is 0 Å². The van der Waals surface area contributed by atoms with E-state index < -0.39 is 11.7 Å². The Morgan fingerprint density at radius 3 is 2.67 bits per heavy atom. The molecule has 24 heavy (non-hydrogen) atoms. The number of alkyl carbamates (subject to hydrolysis) is 1. The van der Waals surface area contributed by atoms with Crippen LogP contribution in [-0.2, 0) is 28.9 Å². The second-order valence-electron chi connectivity index (χ2n) is 6.92. The number of carbonyl (C=O) groups is 2. The summed E-state index contributed by atoms with van der Waals surface area (Å²) in [6.45, 7) is 7.39. The number of hydrogen-bond donors (Lipinski definition) is 1. The molecule has 0 saturated heterocycles. The second kappa shape index (κ2) is 7.55. The zero-order chi connectivity index (χ0) is 17.7. The molecule has 2 amide bonds. The summed E-state index contributed by atoms with van der Waals surface area (Å²) in [6, 6.07) is 6.25. The predicted octanol–water partition coefficient (Wildman–Crippen LogP) is 2.88. The highest BCUT2D eigenvalue weighted by Gasteiger charge is 2.25. The van der Waals surface area contributed by atoms with Crippen LogP contribution in [0.4, 0.5) is 9.59 Å². The van der Waals surface area contributed by atoms with Crippen LogP contribution < -0.4 is 5.32 Å². The van der Waals surface area contributed by atoms with Crippen molar-refractivity contribution in [1.82, 2.24) is 10.2 Å². The van der Waals surface area contributed by atoms with E-state index in [9.17, 15) is 9.59 Å². The third-order valence-electron chi connectivity index (χ3n) is 3.80. The number of amides is 2. The molecular formula is C18H26N2O4. The van der Waals surface area contributed by atoms with Gasteiger partial charge in [-0.3, -0.25) is 0 Å². The normalized spacial score (nSPS) is 13.9.